The van der Waals surface area contributed by atoms with Crippen molar-refractivity contribution in [2.45, 2.75) is 6.92 Å². The van der Waals surface area contributed by atoms with E-state index in [-0.39, 0.29) is 0 Å². The van der Waals surface area contributed by atoms with Crippen LogP contribution in [-0.4, -0.2) is 17.0 Å². The van der Waals surface area contributed by atoms with Crippen LogP contribution in [0.2, 0.25) is 0 Å². The van der Waals surface area contributed by atoms with Crippen molar-refractivity contribution in [1.82, 2.24) is 9.97 Å². The molecule has 2 rings (SSSR count). The van der Waals surface area contributed by atoms with Gasteiger partial charge in [0.2, 0.25) is 0 Å². The molecule has 0 fully saturated rings. The largest absolute Gasteiger partial charge is 0.372 e. The number of rotatable bonds is 2. The molecule has 2 aromatic rings. The highest BCUT2D eigenvalue weighted by Crippen LogP contribution is 2.38. The van der Waals surface area contributed by atoms with Crippen molar-refractivity contribution >= 4 is 64.9 Å². The van der Waals surface area contributed by atoms with Gasteiger partial charge in [-0.1, -0.05) is 0 Å². The van der Waals surface area contributed by atoms with Gasteiger partial charge in [-0.3, -0.25) is 0 Å². The molecule has 0 bridgehead atoms. The molecular formula is C10H8Br3N3S. The number of hydrogen-bond acceptors (Lipinski definition) is 4. The Morgan fingerprint density at radius 1 is 1.24 bits per heavy atom. The van der Waals surface area contributed by atoms with E-state index in [0.29, 0.717) is 0 Å². The molecule has 90 valence electrons. The Bertz CT molecular complexity index is 549. The summed E-state index contributed by atoms with van der Waals surface area (Å²) in [6, 6.07) is 2.01. The van der Waals surface area contributed by atoms with Crippen molar-refractivity contribution in [2.75, 3.05) is 12.4 Å². The van der Waals surface area contributed by atoms with Gasteiger partial charge >= 0.3 is 0 Å². The van der Waals surface area contributed by atoms with E-state index in [2.05, 4.69) is 63.1 Å². The second-order valence-electron chi connectivity index (χ2n) is 3.28. The van der Waals surface area contributed by atoms with Gasteiger partial charge in [0, 0.05) is 11.5 Å². The predicted molar refractivity (Wildman–Crippen MR) is 82.7 cm³/mol. The van der Waals surface area contributed by atoms with Crippen LogP contribution in [0.1, 0.15) is 5.69 Å². The van der Waals surface area contributed by atoms with Crippen molar-refractivity contribution < 1.29 is 0 Å². The maximum absolute atomic E-state index is 4.48. The van der Waals surface area contributed by atoms with Crippen molar-refractivity contribution in [3.63, 3.8) is 0 Å². The summed E-state index contributed by atoms with van der Waals surface area (Å²) in [7, 11) is 1.84. The minimum absolute atomic E-state index is 0.728. The molecule has 0 aliphatic carbocycles. The fourth-order valence-corrected chi connectivity index (χ4v) is 3.64. The number of nitrogens with zero attached hydrogens (tertiary/aromatic N) is 2. The first-order chi connectivity index (χ1) is 8.02. The number of nitrogens with one attached hydrogen (secondary N) is 1. The molecule has 3 nitrogen and oxygen atoms in total. The second-order valence-corrected chi connectivity index (χ2v) is 7.29. The van der Waals surface area contributed by atoms with Gasteiger partial charge in [0.25, 0.3) is 0 Å². The lowest BCUT2D eigenvalue weighted by atomic mass is 10.3. The van der Waals surface area contributed by atoms with E-state index in [0.717, 1.165) is 34.9 Å². The Balaban J connectivity index is 2.56. The van der Waals surface area contributed by atoms with Gasteiger partial charge in [-0.05, 0) is 60.8 Å². The molecule has 2 aromatic heterocycles. The van der Waals surface area contributed by atoms with E-state index in [9.17, 15) is 0 Å². The van der Waals surface area contributed by atoms with E-state index in [4.69, 9.17) is 0 Å². The first-order valence-corrected chi connectivity index (χ1v) is 7.89. The summed E-state index contributed by atoms with van der Waals surface area (Å²) in [6.45, 7) is 1.95. The number of hydrogen-bond donors (Lipinski definition) is 1. The number of halogens is 3. The van der Waals surface area contributed by atoms with Crippen LogP contribution in [0.5, 0.6) is 0 Å². The SMILES string of the molecule is CNc1nc(-c2cc(Br)c(Br)s2)nc(C)c1Br. The number of aryl methyl sites for hydroxylation is 1. The molecule has 0 radical (unpaired) electrons. The Morgan fingerprint density at radius 2 is 1.94 bits per heavy atom. The van der Waals surface area contributed by atoms with Crippen molar-refractivity contribution in [2.24, 2.45) is 0 Å². The van der Waals surface area contributed by atoms with Crippen LogP contribution in [0.15, 0.2) is 18.8 Å². The van der Waals surface area contributed by atoms with Gasteiger partial charge in [-0.25, -0.2) is 9.97 Å². The summed E-state index contributed by atoms with van der Waals surface area (Å²) in [4.78, 5) is 9.98. The van der Waals surface area contributed by atoms with Gasteiger partial charge in [0.1, 0.15) is 5.82 Å². The Labute approximate surface area is 128 Å². The predicted octanol–water partition coefficient (Wildman–Crippen LogP) is 4.84. The molecule has 0 spiro atoms. The van der Waals surface area contributed by atoms with Crippen LogP contribution in [0, 0.1) is 6.92 Å². The van der Waals surface area contributed by atoms with Crippen molar-refractivity contribution in [1.29, 1.82) is 0 Å². The molecule has 1 N–H and O–H groups in total. The van der Waals surface area contributed by atoms with Gasteiger partial charge < -0.3 is 5.32 Å². The lowest BCUT2D eigenvalue weighted by Crippen LogP contribution is -1.99. The maximum Gasteiger partial charge on any atom is 0.172 e. The van der Waals surface area contributed by atoms with E-state index >= 15 is 0 Å². The van der Waals surface area contributed by atoms with Gasteiger partial charge in [-0.2, -0.15) is 0 Å². The van der Waals surface area contributed by atoms with E-state index < -0.39 is 0 Å². The van der Waals surface area contributed by atoms with Crippen LogP contribution in [0.4, 0.5) is 5.82 Å². The topological polar surface area (TPSA) is 37.8 Å². The molecule has 0 aliphatic rings. The van der Waals surface area contributed by atoms with Crippen molar-refractivity contribution in [3.05, 3.63) is 24.5 Å². The third kappa shape index (κ3) is 2.72. The Morgan fingerprint density at radius 3 is 2.47 bits per heavy atom. The molecule has 0 saturated heterocycles. The molecule has 0 unspecified atom stereocenters. The highest BCUT2D eigenvalue weighted by atomic mass is 79.9. The highest BCUT2D eigenvalue weighted by molar-refractivity contribution is 9.13. The van der Waals surface area contributed by atoms with Crippen LogP contribution in [-0.2, 0) is 0 Å². The molecular weight excluding hydrogens is 434 g/mol. The molecule has 0 atom stereocenters. The number of aromatic nitrogens is 2. The van der Waals surface area contributed by atoms with Crippen LogP contribution < -0.4 is 5.32 Å². The van der Waals surface area contributed by atoms with E-state index in [1.165, 1.54) is 0 Å². The Kier molecular flexibility index (Phi) is 4.22. The monoisotopic (exact) mass is 439 g/mol. The van der Waals surface area contributed by atoms with Crippen LogP contribution in [0.3, 0.4) is 0 Å². The summed E-state index contributed by atoms with van der Waals surface area (Å²) < 4.78 is 2.97. The lowest BCUT2D eigenvalue weighted by molar-refractivity contribution is 1.10. The summed E-state index contributed by atoms with van der Waals surface area (Å²) >= 11 is 12.0. The summed E-state index contributed by atoms with van der Waals surface area (Å²) in [6.07, 6.45) is 0. The lowest BCUT2D eigenvalue weighted by Gasteiger charge is -2.07. The highest BCUT2D eigenvalue weighted by Gasteiger charge is 2.13. The summed E-state index contributed by atoms with van der Waals surface area (Å²) in [5.41, 5.74) is 0.917. The first kappa shape index (κ1) is 13.5. The molecule has 17 heavy (non-hydrogen) atoms. The minimum atomic E-state index is 0.728. The van der Waals surface area contributed by atoms with Crippen molar-refractivity contribution in [3.8, 4) is 10.7 Å². The van der Waals surface area contributed by atoms with Crippen LogP contribution in [0.25, 0.3) is 10.7 Å². The van der Waals surface area contributed by atoms with E-state index in [1.807, 2.05) is 20.0 Å². The van der Waals surface area contributed by atoms with Gasteiger partial charge in [0.05, 0.1) is 18.8 Å². The standard InChI is InChI=1S/C10H8Br3N3S/c1-4-7(12)10(14-2)16-9(15-4)6-3-5(11)8(13)17-6/h3H,1-2H3,(H,14,15,16). The zero-order chi connectivity index (χ0) is 12.6. The smallest absolute Gasteiger partial charge is 0.172 e. The average molecular weight is 442 g/mol. The van der Waals surface area contributed by atoms with E-state index in [1.54, 1.807) is 11.3 Å². The molecule has 0 aliphatic heterocycles. The molecule has 7 heteroatoms. The Hall–Kier alpha value is 0.0200. The third-order valence-corrected chi connectivity index (χ3v) is 6.32. The maximum atomic E-state index is 4.48. The first-order valence-electron chi connectivity index (χ1n) is 4.70. The zero-order valence-electron chi connectivity index (χ0n) is 9.01. The molecule has 0 amide bonds. The fraction of sp³-hybridized carbons (Fsp3) is 0.200. The minimum Gasteiger partial charge on any atom is -0.372 e. The molecule has 2 heterocycles. The third-order valence-electron chi connectivity index (χ3n) is 2.12. The number of thiophene rings is 1. The van der Waals surface area contributed by atoms with Gasteiger partial charge in [-0.15, -0.1) is 11.3 Å². The molecule has 0 saturated carbocycles. The second kappa shape index (κ2) is 5.34. The summed E-state index contributed by atoms with van der Waals surface area (Å²) in [5.74, 6) is 1.53. The quantitative estimate of drug-likeness (QED) is 0.724. The fourth-order valence-electron chi connectivity index (χ4n) is 1.29. The number of anilines is 1. The average Bonchev–Trinajstić information content (AvgIpc) is 2.63. The van der Waals surface area contributed by atoms with Gasteiger partial charge in [0.15, 0.2) is 5.82 Å². The normalized spacial score (nSPS) is 10.6. The summed E-state index contributed by atoms with van der Waals surface area (Å²) in [5, 5.41) is 3.05. The molecule has 0 aromatic carbocycles. The van der Waals surface area contributed by atoms with Crippen LogP contribution >= 0.6 is 59.1 Å². The zero-order valence-corrected chi connectivity index (χ0v) is 14.6.